The summed E-state index contributed by atoms with van der Waals surface area (Å²) in [6, 6.07) is 3.70. The van der Waals surface area contributed by atoms with Crippen LogP contribution in [0.15, 0.2) is 18.2 Å². The topological polar surface area (TPSA) is 79.0 Å². The van der Waals surface area contributed by atoms with Gasteiger partial charge in [0.15, 0.2) is 0 Å². The fraction of sp³-hybridized carbons (Fsp3) is 0.417. The third-order valence-corrected chi connectivity index (χ3v) is 1.82. The zero-order valence-electron chi connectivity index (χ0n) is 11.5. The van der Waals surface area contributed by atoms with E-state index in [4.69, 9.17) is 5.41 Å². The molecule has 0 spiro atoms. The van der Waals surface area contributed by atoms with Crippen LogP contribution in [-0.4, -0.2) is 24.6 Å². The van der Waals surface area contributed by atoms with Crippen molar-refractivity contribution in [1.29, 1.82) is 5.41 Å². The Hall–Kier alpha value is -2.05. The average Bonchev–Trinajstić information content (AvgIpc) is 2.43. The van der Waals surface area contributed by atoms with E-state index in [2.05, 4.69) is 5.32 Å². The van der Waals surface area contributed by atoms with Crippen LogP contribution >= 0.6 is 0 Å². The molecule has 0 amide bonds. The fourth-order valence-electron chi connectivity index (χ4n) is 1.17. The molecule has 0 atom stereocenters. The van der Waals surface area contributed by atoms with Crippen molar-refractivity contribution in [3.05, 3.63) is 33.9 Å². The van der Waals surface area contributed by atoms with Crippen LogP contribution < -0.4 is 5.32 Å². The van der Waals surface area contributed by atoms with Crippen molar-refractivity contribution in [2.45, 2.75) is 20.8 Å². The zero-order valence-corrected chi connectivity index (χ0v) is 11.5. The van der Waals surface area contributed by atoms with Gasteiger partial charge in [0.2, 0.25) is 5.97 Å². The maximum Gasteiger partial charge on any atom is 0.270 e. The van der Waals surface area contributed by atoms with Crippen LogP contribution in [-0.2, 0) is 0 Å². The van der Waals surface area contributed by atoms with E-state index in [0.717, 1.165) is 6.07 Å². The maximum absolute atomic E-state index is 12.8. The van der Waals surface area contributed by atoms with Gasteiger partial charge >= 0.3 is 0 Å². The van der Waals surface area contributed by atoms with Crippen molar-refractivity contribution in [3.8, 4) is 0 Å². The molecule has 7 heteroatoms. The van der Waals surface area contributed by atoms with Gasteiger partial charge in [-0.1, -0.05) is 13.8 Å². The number of nitrogens with one attached hydrogen (secondary N) is 2. The van der Waals surface area contributed by atoms with Crippen molar-refractivity contribution in [2.24, 2.45) is 0 Å². The number of alkyl halides is 1. The van der Waals surface area contributed by atoms with Gasteiger partial charge in [-0.05, 0) is 13.0 Å². The summed E-state index contributed by atoms with van der Waals surface area (Å²) in [5.74, 6) is -1.19. The second-order valence-corrected chi connectivity index (χ2v) is 2.83. The van der Waals surface area contributed by atoms with E-state index in [1.54, 1.807) is 0 Å². The number of anilines is 1. The Bertz CT molecular complexity index is 412. The minimum Gasteiger partial charge on any atom is -0.385 e. The highest BCUT2D eigenvalue weighted by Crippen LogP contribution is 2.22. The lowest BCUT2D eigenvalue weighted by atomic mass is 10.1. The molecule has 0 saturated heterocycles. The van der Waals surface area contributed by atoms with E-state index in [1.165, 1.54) is 12.1 Å². The lowest BCUT2D eigenvalue weighted by molar-refractivity contribution is -0.384. The predicted octanol–water partition coefficient (Wildman–Crippen LogP) is 3.93. The molecule has 0 unspecified atom stereocenters. The summed E-state index contributed by atoms with van der Waals surface area (Å²) in [5.41, 5.74) is 0.0655. The standard InChI is InChI=1S/C9H10FN3O2.C2H6.CH3F/c1-2-12-8-4-3-6(13(14)15)5-7(8)9(10)11;2*1-2/h3-5,11-12H,2H2,1H3;1-2H3;1H3. The Balaban J connectivity index is 0. The molecule has 1 rings (SSSR count). The molecule has 0 aliphatic rings. The van der Waals surface area contributed by atoms with Crippen molar-refractivity contribution < 1.29 is 13.7 Å². The first-order valence-corrected chi connectivity index (χ1v) is 5.70. The lowest BCUT2D eigenvalue weighted by Crippen LogP contribution is -2.04. The monoisotopic (exact) mass is 275 g/mol. The van der Waals surface area contributed by atoms with Crippen LogP contribution in [0.4, 0.5) is 20.2 Å². The number of nitro groups is 1. The van der Waals surface area contributed by atoms with E-state index < -0.39 is 10.9 Å². The van der Waals surface area contributed by atoms with Gasteiger partial charge in [-0.2, -0.15) is 4.39 Å². The van der Waals surface area contributed by atoms with Crippen molar-refractivity contribution >= 4 is 17.3 Å². The number of hydrogen-bond donors (Lipinski definition) is 2. The molecular formula is C12H19F2N3O2. The van der Waals surface area contributed by atoms with E-state index in [1.807, 2.05) is 20.8 Å². The molecule has 0 aliphatic heterocycles. The van der Waals surface area contributed by atoms with Crippen molar-refractivity contribution in [2.75, 3.05) is 19.0 Å². The van der Waals surface area contributed by atoms with Crippen LogP contribution in [0.5, 0.6) is 0 Å². The lowest BCUT2D eigenvalue weighted by Gasteiger charge is -2.07. The fourth-order valence-corrected chi connectivity index (χ4v) is 1.17. The van der Waals surface area contributed by atoms with E-state index in [0.29, 0.717) is 19.4 Å². The Morgan fingerprint density at radius 1 is 1.42 bits per heavy atom. The van der Waals surface area contributed by atoms with E-state index >= 15 is 0 Å². The number of hydrogen-bond acceptors (Lipinski definition) is 4. The second kappa shape index (κ2) is 11.1. The normalized spacial score (nSPS) is 8.32. The molecular weight excluding hydrogens is 256 g/mol. The van der Waals surface area contributed by atoms with Crippen LogP contribution in [0, 0.1) is 15.5 Å². The van der Waals surface area contributed by atoms with Crippen LogP contribution in [0.25, 0.3) is 0 Å². The smallest absolute Gasteiger partial charge is 0.270 e. The molecule has 0 fully saturated rings. The number of benzene rings is 1. The van der Waals surface area contributed by atoms with Gasteiger partial charge < -0.3 is 5.32 Å². The minimum absolute atomic E-state index is 0.0916. The van der Waals surface area contributed by atoms with E-state index in [9.17, 15) is 18.9 Å². The highest BCUT2D eigenvalue weighted by molar-refractivity contribution is 5.97. The third kappa shape index (κ3) is 6.44. The first-order chi connectivity index (χ1) is 9.06. The molecule has 0 saturated carbocycles. The first-order valence-electron chi connectivity index (χ1n) is 5.70. The largest absolute Gasteiger partial charge is 0.385 e. The quantitative estimate of drug-likeness (QED) is 0.496. The highest BCUT2D eigenvalue weighted by atomic mass is 19.1. The summed E-state index contributed by atoms with van der Waals surface area (Å²) in [6.07, 6.45) is 0. The van der Waals surface area contributed by atoms with Gasteiger partial charge in [-0.3, -0.25) is 19.9 Å². The Kier molecular flexibility index (Phi) is 11.2. The van der Waals surface area contributed by atoms with Gasteiger partial charge in [0, 0.05) is 24.4 Å². The first kappa shape index (κ1) is 19.3. The summed E-state index contributed by atoms with van der Waals surface area (Å²) in [7, 11) is 0.500. The SMILES string of the molecule is CC.CCNc1ccc([N+](=O)[O-])cc1C(=N)F.CF. The molecule has 0 aromatic heterocycles. The number of non-ortho nitro benzene ring substituents is 1. The number of halogens is 2. The number of nitrogens with zero attached hydrogens (tertiary/aromatic N) is 1. The van der Waals surface area contributed by atoms with Gasteiger partial charge in [0.1, 0.15) is 0 Å². The summed E-state index contributed by atoms with van der Waals surface area (Å²) in [5, 5.41) is 20.1. The predicted molar refractivity (Wildman–Crippen MR) is 73.6 cm³/mol. The second-order valence-electron chi connectivity index (χ2n) is 2.83. The molecule has 0 bridgehead atoms. The molecule has 19 heavy (non-hydrogen) atoms. The van der Waals surface area contributed by atoms with Gasteiger partial charge in [0.25, 0.3) is 5.69 Å². The molecule has 1 aromatic rings. The molecule has 5 nitrogen and oxygen atoms in total. The zero-order chi connectivity index (χ0) is 15.4. The highest BCUT2D eigenvalue weighted by Gasteiger charge is 2.13. The molecule has 0 aliphatic carbocycles. The van der Waals surface area contributed by atoms with Crippen LogP contribution in [0.2, 0.25) is 0 Å². The van der Waals surface area contributed by atoms with Crippen molar-refractivity contribution in [1.82, 2.24) is 0 Å². The summed E-state index contributed by atoms with van der Waals surface area (Å²) < 4.78 is 22.3. The minimum atomic E-state index is -1.19. The Morgan fingerprint density at radius 3 is 2.32 bits per heavy atom. The van der Waals surface area contributed by atoms with Gasteiger partial charge in [0.05, 0.1) is 17.7 Å². The van der Waals surface area contributed by atoms with Crippen LogP contribution in [0.3, 0.4) is 0 Å². The third-order valence-electron chi connectivity index (χ3n) is 1.82. The average molecular weight is 275 g/mol. The van der Waals surface area contributed by atoms with Crippen molar-refractivity contribution in [3.63, 3.8) is 0 Å². The molecule has 0 heterocycles. The molecule has 0 radical (unpaired) electrons. The summed E-state index contributed by atoms with van der Waals surface area (Å²) in [6.45, 7) is 6.37. The maximum atomic E-state index is 12.8. The Labute approximate surface area is 111 Å². The van der Waals surface area contributed by atoms with Gasteiger partial charge in [-0.15, -0.1) is 0 Å². The Morgan fingerprint density at radius 2 is 1.95 bits per heavy atom. The molecule has 108 valence electrons. The number of nitro benzene ring substituents is 1. The molecule has 2 N–H and O–H groups in total. The summed E-state index contributed by atoms with van der Waals surface area (Å²) >= 11 is 0. The molecule has 1 aromatic carbocycles. The van der Waals surface area contributed by atoms with Crippen LogP contribution in [0.1, 0.15) is 26.3 Å². The van der Waals surface area contributed by atoms with E-state index in [-0.39, 0.29) is 11.3 Å². The summed E-state index contributed by atoms with van der Waals surface area (Å²) in [4.78, 5) is 9.81. The number of rotatable bonds is 4. The van der Waals surface area contributed by atoms with Gasteiger partial charge in [-0.25, -0.2) is 0 Å².